The third-order valence-corrected chi connectivity index (χ3v) is 7.70. The fourth-order valence-electron chi connectivity index (χ4n) is 5.50. The van der Waals surface area contributed by atoms with Gasteiger partial charge in [0.25, 0.3) is 0 Å². The Morgan fingerprint density at radius 2 is 1.84 bits per heavy atom. The highest BCUT2D eigenvalue weighted by molar-refractivity contribution is 6.25. The molecule has 3 fully saturated rings. The van der Waals surface area contributed by atoms with Crippen LogP contribution in [0.2, 0.25) is 0 Å². The van der Waals surface area contributed by atoms with Crippen LogP contribution < -0.4 is 9.64 Å². The Morgan fingerprint density at radius 1 is 1.19 bits per heavy atom. The summed E-state index contributed by atoms with van der Waals surface area (Å²) in [7, 11) is 1.64. The average molecular weight is 515 g/mol. The minimum absolute atomic E-state index is 0.0879. The summed E-state index contributed by atoms with van der Waals surface area (Å²) in [6, 6.07) is 8.82. The average Bonchev–Trinajstić information content (AvgIpc) is 3.06. The number of alkyl halides is 3. The number of ketones is 1. The zero-order chi connectivity index (χ0) is 26.6. The third kappa shape index (κ3) is 4.34. The van der Waals surface area contributed by atoms with Crippen molar-refractivity contribution in [2.45, 2.75) is 55.8 Å². The number of anilines is 1. The number of aromatic nitrogens is 1. The van der Waals surface area contributed by atoms with Crippen LogP contribution in [-0.4, -0.2) is 53.1 Å². The van der Waals surface area contributed by atoms with Crippen molar-refractivity contribution in [3.63, 3.8) is 0 Å². The SMILES string of the molecule is C[N+]1([O-])CCC(Oc2ccc(N3C(=O)C(c4cnc(C#N)c(C(F)(F)F)c4)C(=O)C34CCC4)cc2)CC1. The van der Waals surface area contributed by atoms with Gasteiger partial charge in [-0.05, 0) is 55.2 Å². The predicted octanol–water partition coefficient (Wildman–Crippen LogP) is 4.08. The summed E-state index contributed by atoms with van der Waals surface area (Å²) in [5, 5.41) is 21.1. The van der Waals surface area contributed by atoms with Crippen molar-refractivity contribution >= 4 is 17.4 Å². The van der Waals surface area contributed by atoms with Crippen molar-refractivity contribution in [1.82, 2.24) is 4.98 Å². The molecule has 1 saturated carbocycles. The largest absolute Gasteiger partial charge is 0.633 e. The molecular weight excluding hydrogens is 489 g/mol. The molecule has 2 aromatic rings. The van der Waals surface area contributed by atoms with Crippen LogP contribution in [0.25, 0.3) is 0 Å². The second kappa shape index (κ2) is 8.82. The van der Waals surface area contributed by atoms with Gasteiger partial charge in [-0.15, -0.1) is 0 Å². The smallest absolute Gasteiger partial charge is 0.419 e. The van der Waals surface area contributed by atoms with Crippen LogP contribution in [0, 0.1) is 16.5 Å². The van der Waals surface area contributed by atoms with Crippen LogP contribution in [-0.2, 0) is 15.8 Å². The number of amides is 1. The van der Waals surface area contributed by atoms with E-state index in [0.29, 0.717) is 62.7 Å². The summed E-state index contributed by atoms with van der Waals surface area (Å²) in [5.74, 6) is -1.93. The molecule has 8 nitrogen and oxygen atoms in total. The van der Waals surface area contributed by atoms with Gasteiger partial charge in [-0.25, -0.2) is 4.98 Å². The van der Waals surface area contributed by atoms with E-state index >= 15 is 0 Å². The summed E-state index contributed by atoms with van der Waals surface area (Å²) in [5.41, 5.74) is -2.91. The molecule has 1 aliphatic carbocycles. The lowest BCUT2D eigenvalue weighted by molar-refractivity contribution is -0.866. The second-order valence-corrected chi connectivity index (χ2v) is 10.2. The molecule has 0 radical (unpaired) electrons. The van der Waals surface area contributed by atoms with Gasteiger partial charge in [-0.2, -0.15) is 18.4 Å². The minimum atomic E-state index is -4.86. The Bertz CT molecular complexity index is 1270. The Morgan fingerprint density at radius 3 is 2.38 bits per heavy atom. The molecule has 1 atom stereocenters. The van der Waals surface area contributed by atoms with E-state index in [9.17, 15) is 28.0 Å². The molecule has 5 rings (SSSR count). The lowest BCUT2D eigenvalue weighted by Crippen LogP contribution is -2.55. The molecule has 3 aliphatic rings. The number of hydrogen-bond acceptors (Lipinski definition) is 6. The van der Waals surface area contributed by atoms with E-state index in [4.69, 9.17) is 10.00 Å². The Labute approximate surface area is 211 Å². The van der Waals surface area contributed by atoms with E-state index < -0.39 is 40.6 Å². The number of hydroxylamine groups is 3. The highest BCUT2D eigenvalue weighted by Gasteiger charge is 2.62. The lowest BCUT2D eigenvalue weighted by atomic mass is 9.71. The van der Waals surface area contributed by atoms with Gasteiger partial charge >= 0.3 is 6.18 Å². The van der Waals surface area contributed by atoms with E-state index in [1.165, 1.54) is 11.0 Å². The number of nitriles is 1. The van der Waals surface area contributed by atoms with E-state index in [0.717, 1.165) is 6.20 Å². The van der Waals surface area contributed by atoms with Gasteiger partial charge in [0.2, 0.25) is 5.91 Å². The number of quaternary nitrogens is 1. The first-order valence-corrected chi connectivity index (χ1v) is 12.1. The monoisotopic (exact) mass is 514 g/mol. The van der Waals surface area contributed by atoms with E-state index in [2.05, 4.69) is 4.98 Å². The van der Waals surface area contributed by atoms with Gasteiger partial charge in [-0.3, -0.25) is 14.5 Å². The summed E-state index contributed by atoms with van der Waals surface area (Å²) in [6.45, 7) is 0.939. The number of Topliss-reactive ketones (excluding diaryl/α,β-unsaturated/α-hetero) is 1. The molecule has 1 unspecified atom stereocenters. The van der Waals surface area contributed by atoms with Crippen molar-refractivity contribution in [3.8, 4) is 11.8 Å². The molecule has 37 heavy (non-hydrogen) atoms. The van der Waals surface area contributed by atoms with Gasteiger partial charge in [0.05, 0.1) is 25.7 Å². The summed E-state index contributed by atoms with van der Waals surface area (Å²) in [6.07, 6.45) is -1.14. The number of halogens is 3. The molecule has 2 aliphatic heterocycles. The molecule has 11 heteroatoms. The number of likely N-dealkylation sites (tertiary alicyclic amines) is 1. The van der Waals surface area contributed by atoms with Crippen molar-refractivity contribution in [3.05, 3.63) is 58.6 Å². The Balaban J connectivity index is 1.42. The number of piperidine rings is 1. The van der Waals surface area contributed by atoms with Crippen molar-refractivity contribution in [1.29, 1.82) is 5.26 Å². The second-order valence-electron chi connectivity index (χ2n) is 10.2. The molecule has 0 bridgehead atoms. The highest BCUT2D eigenvalue weighted by Crippen LogP contribution is 2.51. The predicted molar refractivity (Wildman–Crippen MR) is 125 cm³/mol. The minimum Gasteiger partial charge on any atom is -0.633 e. The molecular formula is C26H25F3N4O4. The molecule has 2 saturated heterocycles. The van der Waals surface area contributed by atoms with Gasteiger partial charge in [0.15, 0.2) is 11.5 Å². The molecule has 0 N–H and O–H groups in total. The number of hydrogen-bond donors (Lipinski definition) is 0. The first kappa shape index (κ1) is 25.2. The standard InChI is InChI=1S/C26H25F3N4O4/c1-33(36)11-7-19(8-12-33)37-18-5-3-17(4-6-18)32-24(35)22(23(34)25(32)9-2-10-25)16-13-20(26(27,28)29)21(14-30)31-15-16/h3-6,13,15,19,22H,2,7-12H2,1H3. The maximum absolute atomic E-state index is 13.6. The number of pyridine rings is 1. The molecule has 3 heterocycles. The number of nitrogens with zero attached hydrogens (tertiary/aromatic N) is 4. The summed E-state index contributed by atoms with van der Waals surface area (Å²) < 4.78 is 46.3. The topological polar surface area (TPSA) is 106 Å². The summed E-state index contributed by atoms with van der Waals surface area (Å²) >= 11 is 0. The van der Waals surface area contributed by atoms with E-state index in [1.54, 1.807) is 31.3 Å². The van der Waals surface area contributed by atoms with Crippen LogP contribution in [0.3, 0.4) is 0 Å². The first-order valence-electron chi connectivity index (χ1n) is 12.1. The Hall–Kier alpha value is -3.49. The third-order valence-electron chi connectivity index (χ3n) is 7.70. The number of ether oxygens (including phenoxy) is 1. The summed E-state index contributed by atoms with van der Waals surface area (Å²) in [4.78, 5) is 32.1. The maximum Gasteiger partial charge on any atom is 0.419 e. The van der Waals surface area contributed by atoms with Crippen molar-refractivity contribution < 1.29 is 32.1 Å². The van der Waals surface area contributed by atoms with E-state index in [1.807, 2.05) is 0 Å². The van der Waals surface area contributed by atoms with Crippen LogP contribution in [0.15, 0.2) is 36.5 Å². The quantitative estimate of drug-likeness (QED) is 0.346. The number of benzene rings is 1. The normalized spacial score (nSPS) is 27.2. The van der Waals surface area contributed by atoms with Gasteiger partial charge in [-0.1, -0.05) is 0 Å². The van der Waals surface area contributed by atoms with Crippen LogP contribution >= 0.6 is 0 Å². The lowest BCUT2D eigenvalue weighted by Gasteiger charge is -2.44. The highest BCUT2D eigenvalue weighted by atomic mass is 19.4. The zero-order valence-electron chi connectivity index (χ0n) is 20.1. The fraction of sp³-hybridized carbons (Fsp3) is 0.462. The fourth-order valence-corrected chi connectivity index (χ4v) is 5.50. The molecule has 194 valence electrons. The number of carbonyl (C=O) groups excluding carboxylic acids is 2. The van der Waals surface area contributed by atoms with Gasteiger partial charge in [0.1, 0.15) is 29.4 Å². The Kier molecular flexibility index (Phi) is 6.00. The van der Waals surface area contributed by atoms with E-state index in [-0.39, 0.29) is 16.3 Å². The molecule has 1 aromatic carbocycles. The van der Waals surface area contributed by atoms with Crippen molar-refractivity contribution in [2.24, 2.45) is 0 Å². The molecule has 1 aromatic heterocycles. The van der Waals surface area contributed by atoms with Gasteiger partial charge in [0, 0.05) is 24.7 Å². The molecule has 1 spiro atoms. The van der Waals surface area contributed by atoms with Crippen LogP contribution in [0.5, 0.6) is 5.75 Å². The molecule has 1 amide bonds. The van der Waals surface area contributed by atoms with Crippen LogP contribution in [0.1, 0.15) is 54.8 Å². The van der Waals surface area contributed by atoms with Crippen molar-refractivity contribution in [2.75, 3.05) is 25.0 Å². The maximum atomic E-state index is 13.6. The zero-order valence-corrected chi connectivity index (χ0v) is 20.1. The van der Waals surface area contributed by atoms with Gasteiger partial charge < -0.3 is 14.6 Å². The van der Waals surface area contributed by atoms with Crippen LogP contribution in [0.4, 0.5) is 18.9 Å². The number of carbonyl (C=O) groups is 2. The number of rotatable bonds is 4. The first-order chi connectivity index (χ1) is 17.4.